The zero-order chi connectivity index (χ0) is 11.3. The smallest absolute Gasteiger partial charge is 0.197 e. The van der Waals surface area contributed by atoms with Crippen LogP contribution in [-0.4, -0.2) is 23.9 Å². The molecule has 5 nitrogen and oxygen atoms in total. The van der Waals surface area contributed by atoms with Crippen LogP contribution in [-0.2, 0) is 6.54 Å². The first-order valence-electron chi connectivity index (χ1n) is 4.54. The molecule has 0 aliphatic heterocycles. The fourth-order valence-electron chi connectivity index (χ4n) is 1.16. The molecule has 0 aliphatic rings. The van der Waals surface area contributed by atoms with Gasteiger partial charge < -0.3 is 10.6 Å². The van der Waals surface area contributed by atoms with Crippen LogP contribution in [0.2, 0.25) is 0 Å². The summed E-state index contributed by atoms with van der Waals surface area (Å²) in [6.07, 6.45) is 0. The lowest BCUT2D eigenvalue weighted by atomic mass is 10.2. The number of benzene rings is 1. The van der Waals surface area contributed by atoms with Crippen molar-refractivity contribution in [3.05, 3.63) is 35.9 Å². The van der Waals surface area contributed by atoms with Gasteiger partial charge in [-0.25, -0.2) is 0 Å². The zero-order valence-electron chi connectivity index (χ0n) is 8.62. The second-order valence-corrected chi connectivity index (χ2v) is 3.23. The first kappa shape index (κ1) is 11.0. The highest BCUT2D eigenvalue weighted by molar-refractivity contribution is 5.94. The molecule has 1 aromatic rings. The molecule has 0 heterocycles. The quantitative estimate of drug-likeness (QED) is 0.419. The molecule has 1 aromatic carbocycles. The summed E-state index contributed by atoms with van der Waals surface area (Å²) < 4.78 is 0. The standard InChI is InChI=1S/C10H15N5/c1-15(10(13)14-9(11)12)7-8-5-3-2-4-6-8/h2-6H,7H2,1H3,(H5,11,12,13,14). The lowest BCUT2D eigenvalue weighted by molar-refractivity contribution is 0.484. The lowest BCUT2D eigenvalue weighted by Crippen LogP contribution is -2.43. The molecule has 0 fully saturated rings. The Labute approximate surface area is 88.9 Å². The van der Waals surface area contributed by atoms with Crippen LogP contribution >= 0.6 is 0 Å². The molecular weight excluding hydrogens is 190 g/mol. The Morgan fingerprint density at radius 1 is 1.33 bits per heavy atom. The maximum absolute atomic E-state index is 7.57. The van der Waals surface area contributed by atoms with Crippen LogP contribution in [0.1, 0.15) is 5.56 Å². The maximum Gasteiger partial charge on any atom is 0.197 e. The monoisotopic (exact) mass is 205 g/mol. The Balaban J connectivity index is 2.52. The van der Waals surface area contributed by atoms with Crippen LogP contribution in [0.4, 0.5) is 0 Å². The first-order valence-corrected chi connectivity index (χ1v) is 4.54. The Hall–Kier alpha value is -2.04. The van der Waals surface area contributed by atoms with E-state index in [4.69, 9.17) is 16.6 Å². The van der Waals surface area contributed by atoms with Crippen molar-refractivity contribution >= 4 is 11.9 Å². The molecule has 5 heteroatoms. The Bertz CT molecular complexity index is 346. The van der Waals surface area contributed by atoms with Crippen molar-refractivity contribution in [2.24, 2.45) is 5.73 Å². The summed E-state index contributed by atoms with van der Waals surface area (Å²) in [5.41, 5.74) is 6.24. The summed E-state index contributed by atoms with van der Waals surface area (Å²) in [6, 6.07) is 9.81. The van der Waals surface area contributed by atoms with E-state index in [0.717, 1.165) is 5.56 Å². The van der Waals surface area contributed by atoms with E-state index in [0.29, 0.717) is 6.54 Å². The summed E-state index contributed by atoms with van der Waals surface area (Å²) >= 11 is 0. The number of nitrogens with two attached hydrogens (primary N) is 1. The number of hydrogen-bond acceptors (Lipinski definition) is 2. The Kier molecular flexibility index (Phi) is 3.68. The minimum Gasteiger partial charge on any atom is -0.370 e. The number of hydrogen-bond donors (Lipinski definition) is 4. The fourth-order valence-corrected chi connectivity index (χ4v) is 1.16. The molecule has 15 heavy (non-hydrogen) atoms. The van der Waals surface area contributed by atoms with Crippen molar-refractivity contribution in [1.29, 1.82) is 10.8 Å². The molecule has 0 saturated carbocycles. The number of nitrogens with one attached hydrogen (secondary N) is 3. The van der Waals surface area contributed by atoms with Crippen molar-refractivity contribution < 1.29 is 0 Å². The van der Waals surface area contributed by atoms with Gasteiger partial charge >= 0.3 is 0 Å². The first-order chi connectivity index (χ1) is 7.09. The second-order valence-electron chi connectivity index (χ2n) is 3.23. The predicted molar refractivity (Wildman–Crippen MR) is 60.7 cm³/mol. The largest absolute Gasteiger partial charge is 0.370 e. The molecular formula is C10H15N5. The van der Waals surface area contributed by atoms with Crippen LogP contribution in [0.3, 0.4) is 0 Å². The van der Waals surface area contributed by atoms with Gasteiger partial charge in [-0.15, -0.1) is 0 Å². The van der Waals surface area contributed by atoms with Crippen LogP contribution < -0.4 is 11.1 Å². The average molecular weight is 205 g/mol. The molecule has 0 aliphatic carbocycles. The third-order valence-corrected chi connectivity index (χ3v) is 1.90. The van der Waals surface area contributed by atoms with E-state index in [2.05, 4.69) is 5.32 Å². The number of rotatable bonds is 2. The minimum atomic E-state index is -0.222. The summed E-state index contributed by atoms with van der Waals surface area (Å²) in [5.74, 6) is -0.105. The normalized spacial score (nSPS) is 9.40. The molecule has 0 bridgehead atoms. The molecule has 5 N–H and O–H groups in total. The SMILES string of the molecule is CN(Cc1ccccc1)C(=N)NC(=N)N. The van der Waals surface area contributed by atoms with Gasteiger partial charge in [0.05, 0.1) is 0 Å². The third-order valence-electron chi connectivity index (χ3n) is 1.90. The van der Waals surface area contributed by atoms with Gasteiger partial charge in [0.2, 0.25) is 0 Å². The van der Waals surface area contributed by atoms with Crippen molar-refractivity contribution in [3.8, 4) is 0 Å². The van der Waals surface area contributed by atoms with Gasteiger partial charge in [-0.3, -0.25) is 16.1 Å². The van der Waals surface area contributed by atoms with Crippen molar-refractivity contribution in [1.82, 2.24) is 10.2 Å². The predicted octanol–water partition coefficient (Wildman–Crippen LogP) is 0.536. The molecule has 0 amide bonds. The zero-order valence-corrected chi connectivity index (χ0v) is 8.62. The second kappa shape index (κ2) is 4.99. The van der Waals surface area contributed by atoms with Crippen LogP contribution in [0.15, 0.2) is 30.3 Å². The van der Waals surface area contributed by atoms with Crippen molar-refractivity contribution in [2.75, 3.05) is 7.05 Å². The van der Waals surface area contributed by atoms with E-state index in [1.165, 1.54) is 0 Å². The van der Waals surface area contributed by atoms with E-state index < -0.39 is 0 Å². The van der Waals surface area contributed by atoms with E-state index in [1.807, 2.05) is 30.3 Å². The van der Waals surface area contributed by atoms with E-state index in [-0.39, 0.29) is 11.9 Å². The van der Waals surface area contributed by atoms with Crippen molar-refractivity contribution in [2.45, 2.75) is 6.54 Å². The highest BCUT2D eigenvalue weighted by Gasteiger charge is 2.04. The van der Waals surface area contributed by atoms with Crippen LogP contribution in [0.25, 0.3) is 0 Å². The average Bonchev–Trinajstić information content (AvgIpc) is 2.18. The molecule has 80 valence electrons. The van der Waals surface area contributed by atoms with Crippen molar-refractivity contribution in [3.63, 3.8) is 0 Å². The molecule has 0 radical (unpaired) electrons. The third kappa shape index (κ3) is 3.68. The van der Waals surface area contributed by atoms with Gasteiger partial charge in [-0.1, -0.05) is 30.3 Å². The Morgan fingerprint density at radius 3 is 2.47 bits per heavy atom. The molecule has 0 aromatic heterocycles. The van der Waals surface area contributed by atoms with Gasteiger partial charge in [-0.2, -0.15) is 0 Å². The molecule has 0 unspecified atom stereocenters. The molecule has 0 spiro atoms. The van der Waals surface area contributed by atoms with E-state index in [9.17, 15) is 0 Å². The minimum absolute atomic E-state index is 0.117. The molecule has 0 saturated heterocycles. The van der Waals surface area contributed by atoms with Crippen LogP contribution in [0, 0.1) is 10.8 Å². The summed E-state index contributed by atoms with van der Waals surface area (Å²) in [5, 5.41) is 17.0. The fraction of sp³-hybridized carbons (Fsp3) is 0.200. The molecule has 0 atom stereocenters. The van der Waals surface area contributed by atoms with E-state index >= 15 is 0 Å². The summed E-state index contributed by atoms with van der Waals surface area (Å²) in [7, 11) is 1.77. The van der Waals surface area contributed by atoms with Gasteiger partial charge in [-0.05, 0) is 5.56 Å². The van der Waals surface area contributed by atoms with Gasteiger partial charge in [0, 0.05) is 13.6 Å². The van der Waals surface area contributed by atoms with Gasteiger partial charge in [0.1, 0.15) is 0 Å². The van der Waals surface area contributed by atoms with Gasteiger partial charge in [0.15, 0.2) is 11.9 Å². The van der Waals surface area contributed by atoms with E-state index in [1.54, 1.807) is 11.9 Å². The summed E-state index contributed by atoms with van der Waals surface area (Å²) in [4.78, 5) is 1.68. The topological polar surface area (TPSA) is 89.0 Å². The highest BCUT2D eigenvalue weighted by atomic mass is 15.3. The van der Waals surface area contributed by atoms with Crippen LogP contribution in [0.5, 0.6) is 0 Å². The number of nitrogens with zero attached hydrogens (tertiary/aromatic N) is 1. The maximum atomic E-state index is 7.57. The Morgan fingerprint density at radius 2 is 1.93 bits per heavy atom. The lowest BCUT2D eigenvalue weighted by Gasteiger charge is -2.20. The molecule has 1 rings (SSSR count). The number of guanidine groups is 2. The van der Waals surface area contributed by atoms with Gasteiger partial charge in [0.25, 0.3) is 0 Å². The highest BCUT2D eigenvalue weighted by Crippen LogP contribution is 2.01. The summed E-state index contributed by atoms with van der Waals surface area (Å²) in [6.45, 7) is 0.611.